The third-order valence-electron chi connectivity index (χ3n) is 7.04. The van der Waals surface area contributed by atoms with Gasteiger partial charge < -0.3 is 49.6 Å². The van der Waals surface area contributed by atoms with E-state index in [1.807, 2.05) is 0 Å². The Labute approximate surface area is 241 Å². The van der Waals surface area contributed by atoms with E-state index in [0.29, 0.717) is 24.2 Å². The summed E-state index contributed by atoms with van der Waals surface area (Å²) in [4.78, 5) is 30.0. The molecular formula is C29H42N4O8. The molecule has 4 N–H and O–H groups in total. The second-order valence-corrected chi connectivity index (χ2v) is 9.71. The molecule has 2 amide bonds. The lowest BCUT2D eigenvalue weighted by molar-refractivity contribution is 0.0942. The molecule has 0 saturated carbocycles. The highest BCUT2D eigenvalue weighted by Crippen LogP contribution is 2.38. The summed E-state index contributed by atoms with van der Waals surface area (Å²) in [7, 11) is 5.69. The molecule has 1 fully saturated rings. The van der Waals surface area contributed by atoms with Crippen LogP contribution < -0.4 is 29.6 Å². The van der Waals surface area contributed by atoms with Crippen LogP contribution >= 0.6 is 0 Å². The molecule has 0 atom stereocenters. The van der Waals surface area contributed by atoms with Crippen molar-refractivity contribution in [3.8, 4) is 34.5 Å². The first kappa shape index (κ1) is 31.6. The Bertz CT molecular complexity index is 1040. The number of nitrogens with zero attached hydrogens (tertiary/aromatic N) is 2. The van der Waals surface area contributed by atoms with E-state index in [1.54, 1.807) is 0 Å². The minimum Gasteiger partial charge on any atom is -0.502 e. The molecule has 226 valence electrons. The molecular weight excluding hydrogens is 532 g/mol. The summed E-state index contributed by atoms with van der Waals surface area (Å²) in [6, 6.07) is 5.96. The van der Waals surface area contributed by atoms with Crippen molar-refractivity contribution in [2.75, 3.05) is 80.8 Å². The molecule has 0 bridgehead atoms. The van der Waals surface area contributed by atoms with E-state index in [0.717, 1.165) is 58.5 Å². The maximum atomic E-state index is 12.6. The zero-order valence-electron chi connectivity index (χ0n) is 24.3. The fourth-order valence-corrected chi connectivity index (χ4v) is 4.73. The predicted molar refractivity (Wildman–Crippen MR) is 154 cm³/mol. The minimum absolute atomic E-state index is 0.136. The summed E-state index contributed by atoms with van der Waals surface area (Å²) >= 11 is 0. The van der Waals surface area contributed by atoms with Gasteiger partial charge in [0.25, 0.3) is 11.8 Å². The van der Waals surface area contributed by atoms with Crippen molar-refractivity contribution in [2.45, 2.75) is 19.3 Å². The Morgan fingerprint density at radius 3 is 1.32 bits per heavy atom. The highest BCUT2D eigenvalue weighted by atomic mass is 16.5. The molecule has 12 nitrogen and oxygen atoms in total. The first-order valence-electron chi connectivity index (χ1n) is 13.7. The monoisotopic (exact) mass is 574 g/mol. The molecule has 1 aliphatic heterocycles. The van der Waals surface area contributed by atoms with E-state index in [9.17, 15) is 19.8 Å². The maximum Gasteiger partial charge on any atom is 0.251 e. The molecule has 1 heterocycles. The van der Waals surface area contributed by atoms with Gasteiger partial charge in [-0.2, -0.15) is 0 Å². The van der Waals surface area contributed by atoms with Gasteiger partial charge in [0.05, 0.1) is 28.4 Å². The standard InChI is InChI=1S/C29H42N4O8/c1-38-22-16-20(17-23(39-2)26(22)34)28(36)30-8-5-10-32-12-7-13-33(15-14-32)11-6-9-31-29(37)21-18-24(40-3)27(35)25(19-21)41-4/h16-19,34-35H,5-15H2,1-4H3,(H,30,36)(H,31,37). The number of aromatic hydroxyl groups is 2. The number of phenols is 2. The number of carbonyl (C=O) groups is 2. The molecule has 0 radical (unpaired) electrons. The topological polar surface area (TPSA) is 142 Å². The number of rotatable bonds is 14. The normalized spacial score (nSPS) is 14.1. The number of hydrogen-bond donors (Lipinski definition) is 4. The van der Waals surface area contributed by atoms with Crippen LogP contribution in [0, 0.1) is 0 Å². The molecule has 1 aliphatic rings. The summed E-state index contributed by atoms with van der Waals surface area (Å²) in [6.07, 6.45) is 2.69. The SMILES string of the molecule is COc1cc(C(=O)NCCCN2CCCN(CCCNC(=O)c3cc(OC)c(O)c(OC)c3)CC2)cc(OC)c1O. The molecule has 2 aromatic rings. The Morgan fingerprint density at radius 2 is 1.00 bits per heavy atom. The number of benzene rings is 2. The van der Waals surface area contributed by atoms with Gasteiger partial charge in [-0.05, 0) is 69.7 Å². The highest BCUT2D eigenvalue weighted by molar-refractivity contribution is 5.96. The molecule has 41 heavy (non-hydrogen) atoms. The molecule has 2 aromatic carbocycles. The van der Waals surface area contributed by atoms with Crippen molar-refractivity contribution in [1.29, 1.82) is 0 Å². The quantitative estimate of drug-likeness (QED) is 0.248. The van der Waals surface area contributed by atoms with Gasteiger partial charge in [0.15, 0.2) is 23.0 Å². The van der Waals surface area contributed by atoms with Crippen LogP contribution in [0.5, 0.6) is 34.5 Å². The average Bonchev–Trinajstić information content (AvgIpc) is 3.22. The third-order valence-corrected chi connectivity index (χ3v) is 7.04. The predicted octanol–water partition coefficient (Wildman–Crippen LogP) is 2.08. The van der Waals surface area contributed by atoms with E-state index in [1.165, 1.54) is 52.7 Å². The molecule has 0 unspecified atom stereocenters. The number of amides is 2. The van der Waals surface area contributed by atoms with E-state index in [-0.39, 0.29) is 46.3 Å². The second-order valence-electron chi connectivity index (χ2n) is 9.71. The molecule has 3 rings (SSSR count). The summed E-state index contributed by atoms with van der Waals surface area (Å²) < 4.78 is 20.5. The minimum atomic E-state index is -0.251. The maximum absolute atomic E-state index is 12.6. The smallest absolute Gasteiger partial charge is 0.251 e. The molecule has 1 saturated heterocycles. The lowest BCUT2D eigenvalue weighted by atomic mass is 10.1. The highest BCUT2D eigenvalue weighted by Gasteiger charge is 2.18. The van der Waals surface area contributed by atoms with Crippen molar-refractivity contribution >= 4 is 11.8 Å². The Hall–Kier alpha value is -3.90. The van der Waals surface area contributed by atoms with Gasteiger partial charge in [-0.3, -0.25) is 9.59 Å². The number of ether oxygens (including phenoxy) is 4. The molecule has 0 aliphatic carbocycles. The van der Waals surface area contributed by atoms with Crippen LogP contribution in [0.1, 0.15) is 40.0 Å². The summed E-state index contributed by atoms with van der Waals surface area (Å²) in [5.74, 6) is -0.0344. The summed E-state index contributed by atoms with van der Waals surface area (Å²) in [6.45, 7) is 6.71. The van der Waals surface area contributed by atoms with Gasteiger partial charge in [-0.15, -0.1) is 0 Å². The summed E-state index contributed by atoms with van der Waals surface area (Å²) in [5.41, 5.74) is 0.723. The van der Waals surface area contributed by atoms with Crippen LogP contribution in [0.4, 0.5) is 0 Å². The van der Waals surface area contributed by atoms with Gasteiger partial charge in [0, 0.05) is 37.3 Å². The number of methoxy groups -OCH3 is 4. The van der Waals surface area contributed by atoms with Gasteiger partial charge in [0.1, 0.15) is 0 Å². The number of carbonyl (C=O) groups excluding carboxylic acids is 2. The fourth-order valence-electron chi connectivity index (χ4n) is 4.73. The second kappa shape index (κ2) is 15.8. The Balaban J connectivity index is 1.35. The van der Waals surface area contributed by atoms with Crippen molar-refractivity contribution < 1.29 is 38.7 Å². The first-order chi connectivity index (χ1) is 19.8. The van der Waals surface area contributed by atoms with Crippen molar-refractivity contribution in [3.05, 3.63) is 35.4 Å². The zero-order valence-corrected chi connectivity index (χ0v) is 24.3. The molecule has 12 heteroatoms. The van der Waals surface area contributed by atoms with Crippen LogP contribution in [0.3, 0.4) is 0 Å². The van der Waals surface area contributed by atoms with E-state index < -0.39 is 0 Å². The average molecular weight is 575 g/mol. The zero-order chi connectivity index (χ0) is 29.8. The van der Waals surface area contributed by atoms with Gasteiger partial charge in [-0.25, -0.2) is 0 Å². The van der Waals surface area contributed by atoms with Gasteiger partial charge in [-0.1, -0.05) is 0 Å². The van der Waals surface area contributed by atoms with Crippen molar-refractivity contribution in [2.24, 2.45) is 0 Å². The van der Waals surface area contributed by atoms with Crippen LogP contribution in [0.25, 0.3) is 0 Å². The molecule has 0 aromatic heterocycles. The lowest BCUT2D eigenvalue weighted by Crippen LogP contribution is -2.34. The van der Waals surface area contributed by atoms with Crippen LogP contribution in [0.2, 0.25) is 0 Å². The van der Waals surface area contributed by atoms with E-state index in [4.69, 9.17) is 18.9 Å². The fraction of sp³-hybridized carbons (Fsp3) is 0.517. The van der Waals surface area contributed by atoms with Crippen molar-refractivity contribution in [1.82, 2.24) is 20.4 Å². The van der Waals surface area contributed by atoms with Crippen LogP contribution in [0.15, 0.2) is 24.3 Å². The Kier molecular flexibility index (Phi) is 12.2. The number of hydrogen-bond acceptors (Lipinski definition) is 10. The van der Waals surface area contributed by atoms with Crippen LogP contribution in [-0.2, 0) is 0 Å². The van der Waals surface area contributed by atoms with Gasteiger partial charge in [0.2, 0.25) is 11.5 Å². The largest absolute Gasteiger partial charge is 0.502 e. The summed E-state index contributed by atoms with van der Waals surface area (Å²) in [5, 5.41) is 25.9. The van der Waals surface area contributed by atoms with Gasteiger partial charge >= 0.3 is 0 Å². The number of phenolic OH excluding ortho intramolecular Hbond substituents is 2. The van der Waals surface area contributed by atoms with Crippen molar-refractivity contribution in [3.63, 3.8) is 0 Å². The lowest BCUT2D eigenvalue weighted by Gasteiger charge is -2.22. The third kappa shape index (κ3) is 8.79. The first-order valence-corrected chi connectivity index (χ1v) is 13.7. The van der Waals surface area contributed by atoms with Crippen LogP contribution in [-0.4, -0.2) is 113 Å². The Morgan fingerprint density at radius 1 is 0.659 bits per heavy atom. The van der Waals surface area contributed by atoms with E-state index >= 15 is 0 Å². The number of nitrogens with one attached hydrogen (secondary N) is 2. The van der Waals surface area contributed by atoms with E-state index in [2.05, 4.69) is 20.4 Å². The molecule has 0 spiro atoms.